The number of imide groups is 1. The highest BCUT2D eigenvalue weighted by Crippen LogP contribution is 2.34. The fourth-order valence-corrected chi connectivity index (χ4v) is 4.66. The van der Waals surface area contributed by atoms with Gasteiger partial charge < -0.3 is 14.0 Å². The molecule has 170 valence electrons. The highest BCUT2D eigenvalue weighted by Gasteiger charge is 2.35. The van der Waals surface area contributed by atoms with Crippen LogP contribution in [0.5, 0.6) is 11.5 Å². The van der Waals surface area contributed by atoms with Gasteiger partial charge in [0.25, 0.3) is 11.1 Å². The molecule has 1 aliphatic rings. The standard InChI is InChI=1S/C25H23ClN2O4S/c1-16-14-18(17(2)28(16)20-6-10-21(31-3)11-7-20)15-23-24(29)27(25(30)33-23)12-13-32-22-8-4-19(26)5-9-22/h4-11,14-15H,12-13H2,1-3H3/b23-15-. The molecule has 2 amide bonds. The first-order chi connectivity index (χ1) is 15.9. The third kappa shape index (κ3) is 4.94. The minimum absolute atomic E-state index is 0.176. The van der Waals surface area contributed by atoms with Crippen molar-refractivity contribution < 1.29 is 19.1 Å². The molecule has 0 bridgehead atoms. The molecule has 3 aromatic rings. The Labute approximate surface area is 201 Å². The number of aryl methyl sites for hydroxylation is 1. The summed E-state index contributed by atoms with van der Waals surface area (Å²) >= 11 is 6.82. The summed E-state index contributed by atoms with van der Waals surface area (Å²) in [5, 5.41) is 0.319. The second-order valence-corrected chi connectivity index (χ2v) is 8.93. The first-order valence-electron chi connectivity index (χ1n) is 10.3. The molecule has 0 radical (unpaired) electrons. The van der Waals surface area contributed by atoms with Gasteiger partial charge >= 0.3 is 0 Å². The second-order valence-electron chi connectivity index (χ2n) is 7.50. The Hall–Kier alpha value is -3.16. The minimum Gasteiger partial charge on any atom is -0.497 e. The maximum atomic E-state index is 12.9. The average Bonchev–Trinajstić information content (AvgIpc) is 3.24. The third-order valence-electron chi connectivity index (χ3n) is 5.36. The zero-order valence-electron chi connectivity index (χ0n) is 18.5. The summed E-state index contributed by atoms with van der Waals surface area (Å²) in [4.78, 5) is 26.9. The second kappa shape index (κ2) is 9.77. The number of thioether (sulfide) groups is 1. The van der Waals surface area contributed by atoms with Crippen molar-refractivity contribution in [3.8, 4) is 17.2 Å². The van der Waals surface area contributed by atoms with E-state index in [2.05, 4.69) is 4.57 Å². The Morgan fingerprint density at radius 3 is 2.33 bits per heavy atom. The van der Waals surface area contributed by atoms with Crippen molar-refractivity contribution in [1.29, 1.82) is 0 Å². The van der Waals surface area contributed by atoms with Gasteiger partial charge in [-0.1, -0.05) is 11.6 Å². The molecule has 6 nitrogen and oxygen atoms in total. The number of nitrogens with zero attached hydrogens (tertiary/aromatic N) is 2. The molecule has 1 aliphatic heterocycles. The fraction of sp³-hybridized carbons (Fsp3) is 0.200. The zero-order valence-corrected chi connectivity index (χ0v) is 20.1. The Morgan fingerprint density at radius 2 is 1.67 bits per heavy atom. The Morgan fingerprint density at radius 1 is 1.00 bits per heavy atom. The van der Waals surface area contributed by atoms with E-state index in [1.54, 1.807) is 37.5 Å². The topological polar surface area (TPSA) is 60.8 Å². The number of methoxy groups -OCH3 is 1. The average molecular weight is 483 g/mol. The van der Waals surface area contributed by atoms with Crippen LogP contribution in [0.15, 0.2) is 59.5 Å². The first kappa shape index (κ1) is 23.0. The lowest BCUT2D eigenvalue weighted by Gasteiger charge is -2.13. The number of rotatable bonds is 7. The van der Waals surface area contributed by atoms with Crippen LogP contribution in [-0.2, 0) is 4.79 Å². The predicted molar refractivity (Wildman–Crippen MR) is 131 cm³/mol. The SMILES string of the molecule is COc1ccc(-n2c(C)cc(/C=C3\SC(=O)N(CCOc4ccc(Cl)cc4)C3=O)c2C)cc1. The van der Waals surface area contributed by atoms with Gasteiger partial charge in [-0.15, -0.1) is 0 Å². The molecule has 1 aromatic heterocycles. The van der Waals surface area contributed by atoms with Gasteiger partial charge in [0.1, 0.15) is 18.1 Å². The molecule has 1 fully saturated rings. The minimum atomic E-state index is -0.307. The van der Waals surface area contributed by atoms with Crippen LogP contribution in [0.1, 0.15) is 17.0 Å². The Bertz CT molecular complexity index is 1220. The lowest BCUT2D eigenvalue weighted by Crippen LogP contribution is -2.32. The molecule has 1 saturated heterocycles. The molecular weight excluding hydrogens is 460 g/mol. The van der Waals surface area contributed by atoms with E-state index in [0.29, 0.717) is 15.7 Å². The van der Waals surface area contributed by atoms with E-state index < -0.39 is 0 Å². The molecule has 0 unspecified atom stereocenters. The summed E-state index contributed by atoms with van der Waals surface area (Å²) in [6.45, 7) is 4.39. The quantitative estimate of drug-likeness (QED) is 0.394. The third-order valence-corrected chi connectivity index (χ3v) is 6.52. The Kier molecular flexibility index (Phi) is 6.81. The van der Waals surface area contributed by atoms with E-state index in [1.807, 2.05) is 44.2 Å². The first-order valence-corrected chi connectivity index (χ1v) is 11.5. The predicted octanol–water partition coefficient (Wildman–Crippen LogP) is 5.87. The van der Waals surface area contributed by atoms with Crippen LogP contribution in [0.25, 0.3) is 11.8 Å². The van der Waals surface area contributed by atoms with E-state index in [9.17, 15) is 9.59 Å². The van der Waals surface area contributed by atoms with Gasteiger partial charge in [0, 0.05) is 22.1 Å². The van der Waals surface area contributed by atoms with Crippen LogP contribution in [0.2, 0.25) is 5.02 Å². The van der Waals surface area contributed by atoms with Gasteiger partial charge in [0.15, 0.2) is 0 Å². The number of hydrogen-bond acceptors (Lipinski definition) is 5. The molecule has 0 saturated carbocycles. The number of carbonyl (C=O) groups excluding carboxylic acids is 2. The normalized spacial score (nSPS) is 14.9. The van der Waals surface area contributed by atoms with Gasteiger partial charge in [-0.05, 0) is 91.8 Å². The van der Waals surface area contributed by atoms with Crippen molar-refractivity contribution in [2.75, 3.05) is 20.3 Å². The highest BCUT2D eigenvalue weighted by molar-refractivity contribution is 8.18. The molecule has 33 heavy (non-hydrogen) atoms. The van der Waals surface area contributed by atoms with Crippen LogP contribution in [0.4, 0.5) is 4.79 Å². The van der Waals surface area contributed by atoms with Crippen molar-refractivity contribution in [3.63, 3.8) is 0 Å². The van der Waals surface area contributed by atoms with E-state index in [4.69, 9.17) is 21.1 Å². The van der Waals surface area contributed by atoms with Gasteiger partial charge in [-0.25, -0.2) is 0 Å². The highest BCUT2D eigenvalue weighted by atomic mass is 35.5. The van der Waals surface area contributed by atoms with Crippen molar-refractivity contribution in [3.05, 3.63) is 81.5 Å². The summed E-state index contributed by atoms with van der Waals surface area (Å²) < 4.78 is 13.0. The summed E-state index contributed by atoms with van der Waals surface area (Å²) in [5.74, 6) is 1.11. The molecule has 0 N–H and O–H groups in total. The van der Waals surface area contributed by atoms with E-state index >= 15 is 0 Å². The van der Waals surface area contributed by atoms with E-state index in [1.165, 1.54) is 4.90 Å². The number of amides is 2. The van der Waals surface area contributed by atoms with Crippen LogP contribution in [-0.4, -0.2) is 40.9 Å². The van der Waals surface area contributed by atoms with Crippen molar-refractivity contribution in [2.24, 2.45) is 0 Å². The maximum Gasteiger partial charge on any atom is 0.293 e. The van der Waals surface area contributed by atoms with Gasteiger partial charge in [-0.2, -0.15) is 0 Å². The van der Waals surface area contributed by atoms with Gasteiger partial charge in [0.2, 0.25) is 0 Å². The van der Waals surface area contributed by atoms with Gasteiger partial charge in [-0.3, -0.25) is 14.5 Å². The number of aromatic nitrogens is 1. The van der Waals surface area contributed by atoms with Crippen molar-refractivity contribution in [2.45, 2.75) is 13.8 Å². The van der Waals surface area contributed by atoms with Crippen LogP contribution < -0.4 is 9.47 Å². The number of ether oxygens (including phenoxy) is 2. The monoisotopic (exact) mass is 482 g/mol. The molecule has 0 atom stereocenters. The number of hydrogen-bond donors (Lipinski definition) is 0. The summed E-state index contributed by atoms with van der Waals surface area (Å²) in [5.41, 5.74) is 3.90. The van der Waals surface area contributed by atoms with Crippen molar-refractivity contribution in [1.82, 2.24) is 9.47 Å². The number of carbonyl (C=O) groups is 2. The maximum absolute atomic E-state index is 12.9. The number of benzene rings is 2. The summed E-state index contributed by atoms with van der Waals surface area (Å²) in [6.07, 6.45) is 1.79. The lowest BCUT2D eigenvalue weighted by atomic mass is 10.2. The van der Waals surface area contributed by atoms with Crippen molar-refractivity contribution >= 4 is 40.6 Å². The molecule has 0 spiro atoms. The fourth-order valence-electron chi connectivity index (χ4n) is 3.68. The van der Waals surface area contributed by atoms with E-state index in [-0.39, 0.29) is 24.3 Å². The molecule has 2 aromatic carbocycles. The molecule has 0 aliphatic carbocycles. The molecular formula is C25H23ClN2O4S. The van der Waals surface area contributed by atoms with E-state index in [0.717, 1.165) is 40.2 Å². The Balaban J connectivity index is 1.48. The van der Waals surface area contributed by atoms with Crippen LogP contribution >= 0.6 is 23.4 Å². The van der Waals surface area contributed by atoms with Gasteiger partial charge in [0.05, 0.1) is 18.6 Å². The van der Waals surface area contributed by atoms with Crippen LogP contribution in [0, 0.1) is 13.8 Å². The molecule has 8 heteroatoms. The summed E-state index contributed by atoms with van der Waals surface area (Å²) in [7, 11) is 1.64. The largest absolute Gasteiger partial charge is 0.497 e. The molecule has 4 rings (SSSR count). The zero-order chi connectivity index (χ0) is 23.5. The smallest absolute Gasteiger partial charge is 0.293 e. The van der Waals surface area contributed by atoms with Crippen LogP contribution in [0.3, 0.4) is 0 Å². The molecule has 2 heterocycles. The number of halogens is 1. The summed E-state index contributed by atoms with van der Waals surface area (Å²) in [6, 6.07) is 16.7. The lowest BCUT2D eigenvalue weighted by molar-refractivity contribution is -0.123.